The van der Waals surface area contributed by atoms with Gasteiger partial charge in [0, 0.05) is 18.3 Å². The summed E-state index contributed by atoms with van der Waals surface area (Å²) in [6, 6.07) is 6.12. The van der Waals surface area contributed by atoms with Gasteiger partial charge in [0.1, 0.15) is 0 Å². The van der Waals surface area contributed by atoms with Crippen molar-refractivity contribution in [3.63, 3.8) is 0 Å². The Labute approximate surface area is 111 Å². The minimum absolute atomic E-state index is 0.0274. The largest absolute Gasteiger partial charge is 0.352 e. The molecule has 0 saturated heterocycles. The van der Waals surface area contributed by atoms with Gasteiger partial charge in [-0.05, 0) is 17.7 Å². The van der Waals surface area contributed by atoms with Gasteiger partial charge in [-0.1, -0.05) is 19.1 Å². The van der Waals surface area contributed by atoms with E-state index in [2.05, 4.69) is 5.32 Å². The van der Waals surface area contributed by atoms with Crippen molar-refractivity contribution in [1.82, 2.24) is 5.32 Å². The van der Waals surface area contributed by atoms with Crippen molar-refractivity contribution in [3.05, 3.63) is 29.8 Å². The molecule has 0 fully saturated rings. The Morgan fingerprint density at radius 1 is 1.50 bits per heavy atom. The number of carbonyl (C=O) groups excluding carboxylic acids is 1. The van der Waals surface area contributed by atoms with Crippen LogP contribution in [-0.2, 0) is 21.4 Å². The zero-order chi connectivity index (χ0) is 13.8. The van der Waals surface area contributed by atoms with E-state index in [-0.39, 0.29) is 29.1 Å². The fourth-order valence-electron chi connectivity index (χ4n) is 1.27. The predicted octanol–water partition coefficient (Wildman–Crippen LogP) is 0.825. The van der Waals surface area contributed by atoms with Crippen molar-refractivity contribution in [2.75, 3.05) is 5.88 Å². The lowest BCUT2D eigenvalue weighted by atomic mass is 10.2. The molecular weight excluding hydrogens is 276 g/mol. The number of alkyl halides is 1. The molecule has 1 amide bonds. The van der Waals surface area contributed by atoms with E-state index in [9.17, 15) is 13.2 Å². The van der Waals surface area contributed by atoms with E-state index in [4.69, 9.17) is 16.7 Å². The summed E-state index contributed by atoms with van der Waals surface area (Å²) >= 11 is 5.56. The summed E-state index contributed by atoms with van der Waals surface area (Å²) in [5.74, 6) is -0.220. The SMILES string of the molecule is CC(CCl)C(=O)NCc1cccc(S(N)(=O)=O)c1. The van der Waals surface area contributed by atoms with Crippen LogP contribution in [0.1, 0.15) is 12.5 Å². The molecule has 0 spiro atoms. The Kier molecular flexibility index (Phi) is 5.13. The molecule has 5 nitrogen and oxygen atoms in total. The number of benzene rings is 1. The van der Waals surface area contributed by atoms with Crippen molar-refractivity contribution >= 4 is 27.5 Å². The molecule has 0 aliphatic rings. The number of rotatable bonds is 5. The normalized spacial score (nSPS) is 13.1. The average molecular weight is 291 g/mol. The highest BCUT2D eigenvalue weighted by Crippen LogP contribution is 2.09. The van der Waals surface area contributed by atoms with Gasteiger partial charge in [0.2, 0.25) is 15.9 Å². The van der Waals surface area contributed by atoms with Gasteiger partial charge in [-0.25, -0.2) is 13.6 Å². The van der Waals surface area contributed by atoms with Crippen LogP contribution < -0.4 is 10.5 Å². The van der Waals surface area contributed by atoms with E-state index < -0.39 is 10.0 Å². The molecule has 18 heavy (non-hydrogen) atoms. The Hall–Kier alpha value is -1.11. The van der Waals surface area contributed by atoms with E-state index in [0.717, 1.165) is 0 Å². The summed E-state index contributed by atoms with van der Waals surface area (Å²) in [6.45, 7) is 1.95. The van der Waals surface area contributed by atoms with Crippen molar-refractivity contribution < 1.29 is 13.2 Å². The molecule has 1 rings (SSSR count). The first-order valence-corrected chi connectivity index (χ1v) is 7.38. The van der Waals surface area contributed by atoms with E-state index in [1.54, 1.807) is 19.1 Å². The van der Waals surface area contributed by atoms with Crippen LogP contribution in [0.5, 0.6) is 0 Å². The highest BCUT2D eigenvalue weighted by molar-refractivity contribution is 7.89. The zero-order valence-corrected chi connectivity index (χ0v) is 11.5. The van der Waals surface area contributed by atoms with E-state index >= 15 is 0 Å². The number of halogens is 1. The van der Waals surface area contributed by atoms with Gasteiger partial charge in [-0.2, -0.15) is 0 Å². The third-order valence-corrected chi connectivity index (χ3v) is 3.75. The lowest BCUT2D eigenvalue weighted by molar-refractivity contribution is -0.124. The summed E-state index contributed by atoms with van der Waals surface area (Å²) < 4.78 is 22.3. The molecule has 3 N–H and O–H groups in total. The highest BCUT2D eigenvalue weighted by atomic mass is 35.5. The Bertz CT molecular complexity index is 531. The first kappa shape index (κ1) is 14.9. The molecule has 0 aliphatic carbocycles. The fourth-order valence-corrected chi connectivity index (χ4v) is 1.99. The molecule has 100 valence electrons. The number of nitrogens with one attached hydrogen (secondary N) is 1. The number of hydrogen-bond acceptors (Lipinski definition) is 3. The first-order chi connectivity index (χ1) is 8.34. The molecule has 1 aromatic rings. The van der Waals surface area contributed by atoms with Crippen molar-refractivity contribution in [3.8, 4) is 0 Å². The molecule has 0 aromatic heterocycles. The van der Waals surface area contributed by atoms with Crippen LogP contribution in [-0.4, -0.2) is 20.2 Å². The summed E-state index contributed by atoms with van der Waals surface area (Å²) in [6.07, 6.45) is 0. The first-order valence-electron chi connectivity index (χ1n) is 5.30. The molecule has 1 aromatic carbocycles. The van der Waals surface area contributed by atoms with Crippen molar-refractivity contribution in [2.45, 2.75) is 18.4 Å². The average Bonchev–Trinajstić information content (AvgIpc) is 2.34. The maximum absolute atomic E-state index is 11.5. The summed E-state index contributed by atoms with van der Waals surface area (Å²) in [4.78, 5) is 11.5. The van der Waals surface area contributed by atoms with E-state index in [0.29, 0.717) is 5.56 Å². The summed E-state index contributed by atoms with van der Waals surface area (Å²) in [7, 11) is -3.72. The lowest BCUT2D eigenvalue weighted by Crippen LogP contribution is -2.29. The number of sulfonamides is 1. The van der Waals surface area contributed by atoms with Gasteiger partial charge in [-0.3, -0.25) is 4.79 Å². The third kappa shape index (κ3) is 4.29. The number of hydrogen-bond donors (Lipinski definition) is 2. The second kappa shape index (κ2) is 6.17. The Morgan fingerprint density at radius 2 is 2.17 bits per heavy atom. The van der Waals surface area contributed by atoms with Crippen LogP contribution >= 0.6 is 11.6 Å². The number of carbonyl (C=O) groups is 1. The van der Waals surface area contributed by atoms with Gasteiger partial charge < -0.3 is 5.32 Å². The minimum Gasteiger partial charge on any atom is -0.352 e. The van der Waals surface area contributed by atoms with Gasteiger partial charge in [0.15, 0.2) is 0 Å². The van der Waals surface area contributed by atoms with Crippen LogP contribution in [0, 0.1) is 5.92 Å². The summed E-state index contributed by atoms with van der Waals surface area (Å²) in [5.41, 5.74) is 0.664. The maximum Gasteiger partial charge on any atom is 0.238 e. The second-order valence-electron chi connectivity index (χ2n) is 3.97. The van der Waals surface area contributed by atoms with Crippen LogP contribution in [0.3, 0.4) is 0 Å². The molecular formula is C11H15ClN2O3S. The lowest BCUT2D eigenvalue weighted by Gasteiger charge is -2.09. The number of nitrogens with two attached hydrogens (primary N) is 1. The number of primary sulfonamides is 1. The molecule has 1 atom stereocenters. The van der Waals surface area contributed by atoms with E-state index in [1.165, 1.54) is 12.1 Å². The number of amides is 1. The maximum atomic E-state index is 11.5. The monoisotopic (exact) mass is 290 g/mol. The van der Waals surface area contributed by atoms with Gasteiger partial charge in [0.05, 0.1) is 4.90 Å². The Balaban J connectivity index is 2.72. The van der Waals surface area contributed by atoms with Crippen molar-refractivity contribution in [2.24, 2.45) is 11.1 Å². The zero-order valence-electron chi connectivity index (χ0n) is 9.89. The van der Waals surface area contributed by atoms with Crippen LogP contribution in [0.2, 0.25) is 0 Å². The van der Waals surface area contributed by atoms with Crippen molar-refractivity contribution in [1.29, 1.82) is 0 Å². The minimum atomic E-state index is -3.72. The molecule has 0 bridgehead atoms. The quantitative estimate of drug-likeness (QED) is 0.787. The fraction of sp³-hybridized carbons (Fsp3) is 0.364. The summed E-state index contributed by atoms with van der Waals surface area (Å²) in [5, 5.41) is 7.69. The highest BCUT2D eigenvalue weighted by Gasteiger charge is 2.12. The smallest absolute Gasteiger partial charge is 0.238 e. The third-order valence-electron chi connectivity index (χ3n) is 2.37. The molecule has 0 radical (unpaired) electrons. The molecule has 1 unspecified atom stereocenters. The van der Waals surface area contributed by atoms with Crippen LogP contribution in [0.25, 0.3) is 0 Å². The molecule has 0 saturated carbocycles. The molecule has 0 aliphatic heterocycles. The van der Waals surface area contributed by atoms with Crippen LogP contribution in [0.15, 0.2) is 29.2 Å². The molecule has 7 heteroatoms. The van der Waals surface area contributed by atoms with Crippen LogP contribution in [0.4, 0.5) is 0 Å². The van der Waals surface area contributed by atoms with Gasteiger partial charge in [-0.15, -0.1) is 11.6 Å². The predicted molar refractivity (Wildman–Crippen MR) is 69.5 cm³/mol. The van der Waals surface area contributed by atoms with E-state index in [1.807, 2.05) is 0 Å². The van der Waals surface area contributed by atoms with Gasteiger partial charge >= 0.3 is 0 Å². The van der Waals surface area contributed by atoms with Gasteiger partial charge in [0.25, 0.3) is 0 Å². The second-order valence-corrected chi connectivity index (χ2v) is 5.84. The Morgan fingerprint density at radius 3 is 2.72 bits per heavy atom. The topological polar surface area (TPSA) is 89.3 Å². The molecule has 0 heterocycles. The standard InChI is InChI=1S/C11H15ClN2O3S/c1-8(6-12)11(15)14-7-9-3-2-4-10(5-9)18(13,16)17/h2-5,8H,6-7H2,1H3,(H,14,15)(H2,13,16,17).